The van der Waals surface area contributed by atoms with E-state index in [4.69, 9.17) is 26.2 Å². The van der Waals surface area contributed by atoms with Crippen molar-refractivity contribution in [2.45, 2.75) is 19.2 Å². The van der Waals surface area contributed by atoms with E-state index < -0.39 is 46.7 Å². The molecule has 1 N–H and O–H groups in total. The van der Waals surface area contributed by atoms with Crippen LogP contribution in [0.1, 0.15) is 12.6 Å². The Bertz CT molecular complexity index is 1170. The maximum Gasteiger partial charge on any atom is 0.431 e. The first-order valence-corrected chi connectivity index (χ1v) is 8.70. The van der Waals surface area contributed by atoms with Crippen molar-refractivity contribution in [3.8, 4) is 11.4 Å². The number of hydrogen-bond acceptors (Lipinski definition) is 5. The molecule has 1 atom stereocenters. The number of rotatable bonds is 6. The molecule has 0 aliphatic heterocycles. The van der Waals surface area contributed by atoms with Crippen LogP contribution < -0.4 is 16.0 Å². The average molecular weight is 467 g/mol. The summed E-state index contributed by atoms with van der Waals surface area (Å²) in [5, 5.41) is 8.53. The minimum atomic E-state index is -4.98. The molecule has 0 bridgehead atoms. The molecule has 0 aliphatic carbocycles. The van der Waals surface area contributed by atoms with Crippen LogP contribution in [0, 0.1) is 5.82 Å². The SMILES string of the molecule is COC(=CC(=O)O)C(C)Oc1cc(-n2c(=O)cc(C(F)(F)F)n(C)c2=O)c(F)cc1Cl. The van der Waals surface area contributed by atoms with Crippen molar-refractivity contribution in [1.29, 1.82) is 0 Å². The number of carboxylic acid groups (broad SMARTS) is 1. The van der Waals surface area contributed by atoms with Gasteiger partial charge >= 0.3 is 17.8 Å². The van der Waals surface area contributed by atoms with E-state index in [0.29, 0.717) is 12.1 Å². The van der Waals surface area contributed by atoms with Crippen molar-refractivity contribution < 1.29 is 36.9 Å². The van der Waals surface area contributed by atoms with Crippen LogP contribution in [0.25, 0.3) is 5.69 Å². The van der Waals surface area contributed by atoms with Gasteiger partial charge in [0.05, 0.1) is 23.9 Å². The summed E-state index contributed by atoms with van der Waals surface area (Å²) in [6.07, 6.45) is -5.33. The molecule has 2 aromatic rings. The molecule has 0 aliphatic rings. The monoisotopic (exact) mass is 466 g/mol. The Labute approximate surface area is 176 Å². The number of carbonyl (C=O) groups is 1. The highest BCUT2D eigenvalue weighted by molar-refractivity contribution is 6.32. The molecule has 0 amide bonds. The largest absolute Gasteiger partial charge is 0.497 e. The Balaban J connectivity index is 2.64. The molecule has 0 saturated heterocycles. The first kappa shape index (κ1) is 24.0. The molecule has 0 radical (unpaired) electrons. The van der Waals surface area contributed by atoms with Gasteiger partial charge in [-0.2, -0.15) is 13.2 Å². The topological polar surface area (TPSA) is 99.8 Å². The van der Waals surface area contributed by atoms with Gasteiger partial charge in [-0.1, -0.05) is 11.6 Å². The molecular weight excluding hydrogens is 452 g/mol. The minimum absolute atomic E-state index is 0.142. The van der Waals surface area contributed by atoms with Gasteiger partial charge < -0.3 is 14.6 Å². The molecule has 0 spiro atoms. The van der Waals surface area contributed by atoms with Gasteiger partial charge in [0, 0.05) is 19.2 Å². The van der Waals surface area contributed by atoms with Gasteiger partial charge in [0.1, 0.15) is 23.0 Å². The van der Waals surface area contributed by atoms with E-state index in [0.717, 1.165) is 13.1 Å². The molecule has 1 unspecified atom stereocenters. The third-order valence-corrected chi connectivity index (χ3v) is 4.35. The van der Waals surface area contributed by atoms with Crippen LogP contribution in [0.15, 0.2) is 39.6 Å². The Kier molecular flexibility index (Phi) is 6.84. The fraction of sp³-hybridized carbons (Fsp3) is 0.278. The van der Waals surface area contributed by atoms with Crippen LogP contribution in [0.2, 0.25) is 5.02 Å². The third-order valence-electron chi connectivity index (χ3n) is 4.06. The minimum Gasteiger partial charge on any atom is -0.497 e. The Hall–Kier alpha value is -3.28. The second kappa shape index (κ2) is 8.84. The van der Waals surface area contributed by atoms with Crippen molar-refractivity contribution in [3.05, 3.63) is 67.4 Å². The van der Waals surface area contributed by atoms with Gasteiger partial charge in [-0.25, -0.2) is 18.5 Å². The number of hydrogen-bond donors (Lipinski definition) is 1. The van der Waals surface area contributed by atoms with Crippen LogP contribution in [0.3, 0.4) is 0 Å². The quantitative estimate of drug-likeness (QED) is 0.399. The number of benzene rings is 1. The second-order valence-corrected chi connectivity index (χ2v) is 6.53. The Morgan fingerprint density at radius 3 is 2.39 bits per heavy atom. The van der Waals surface area contributed by atoms with Gasteiger partial charge in [-0.3, -0.25) is 9.36 Å². The fourth-order valence-electron chi connectivity index (χ4n) is 2.61. The van der Waals surface area contributed by atoms with Gasteiger partial charge in [-0.15, -0.1) is 0 Å². The van der Waals surface area contributed by atoms with E-state index >= 15 is 0 Å². The van der Waals surface area contributed by atoms with Crippen molar-refractivity contribution in [2.75, 3.05) is 7.11 Å². The Morgan fingerprint density at radius 1 is 1.26 bits per heavy atom. The van der Waals surface area contributed by atoms with E-state index in [-0.39, 0.29) is 31.7 Å². The van der Waals surface area contributed by atoms with E-state index in [1.807, 2.05) is 0 Å². The second-order valence-electron chi connectivity index (χ2n) is 6.13. The molecule has 0 saturated carbocycles. The maximum absolute atomic E-state index is 14.5. The summed E-state index contributed by atoms with van der Waals surface area (Å²) in [5.74, 6) is -2.94. The zero-order valence-electron chi connectivity index (χ0n) is 16.2. The van der Waals surface area contributed by atoms with Gasteiger partial charge in [0.2, 0.25) is 0 Å². The predicted molar refractivity (Wildman–Crippen MR) is 100 cm³/mol. The fourth-order valence-corrected chi connectivity index (χ4v) is 2.81. The summed E-state index contributed by atoms with van der Waals surface area (Å²) < 4.78 is 64.2. The molecule has 2 rings (SSSR count). The highest BCUT2D eigenvalue weighted by Gasteiger charge is 2.35. The molecule has 8 nitrogen and oxygen atoms in total. The lowest BCUT2D eigenvalue weighted by molar-refractivity contribution is -0.144. The summed E-state index contributed by atoms with van der Waals surface area (Å²) in [7, 11) is 1.95. The van der Waals surface area contributed by atoms with E-state index in [9.17, 15) is 31.9 Å². The van der Waals surface area contributed by atoms with Crippen molar-refractivity contribution in [3.63, 3.8) is 0 Å². The number of nitrogens with zero attached hydrogens (tertiary/aromatic N) is 2. The lowest BCUT2D eigenvalue weighted by atomic mass is 10.2. The molecular formula is C18H15ClF4N2O6. The van der Waals surface area contributed by atoms with Crippen LogP contribution in [-0.4, -0.2) is 33.4 Å². The first-order chi connectivity index (χ1) is 14.3. The van der Waals surface area contributed by atoms with Gasteiger partial charge in [0.25, 0.3) is 5.56 Å². The average Bonchev–Trinajstić information content (AvgIpc) is 2.64. The molecule has 168 valence electrons. The zero-order valence-corrected chi connectivity index (χ0v) is 16.9. The van der Waals surface area contributed by atoms with E-state index in [1.165, 1.54) is 14.0 Å². The number of methoxy groups -OCH3 is 1. The lowest BCUT2D eigenvalue weighted by Gasteiger charge is -2.19. The first-order valence-electron chi connectivity index (χ1n) is 8.32. The zero-order chi connectivity index (χ0) is 23.7. The highest BCUT2D eigenvalue weighted by atomic mass is 35.5. The van der Waals surface area contributed by atoms with Crippen molar-refractivity contribution in [2.24, 2.45) is 7.05 Å². The van der Waals surface area contributed by atoms with E-state index in [2.05, 4.69) is 0 Å². The summed E-state index contributed by atoms with van der Waals surface area (Å²) in [6, 6.07) is 1.67. The number of alkyl halides is 3. The molecule has 1 heterocycles. The number of aliphatic carboxylic acids is 1. The normalized spacial score (nSPS) is 13.1. The number of ether oxygens (including phenoxy) is 2. The van der Waals surface area contributed by atoms with Crippen LogP contribution in [0.5, 0.6) is 5.75 Å². The van der Waals surface area contributed by atoms with Gasteiger partial charge in [0.15, 0.2) is 6.10 Å². The maximum atomic E-state index is 14.5. The van der Waals surface area contributed by atoms with Crippen LogP contribution in [0.4, 0.5) is 17.6 Å². The lowest BCUT2D eigenvalue weighted by Crippen LogP contribution is -2.41. The Morgan fingerprint density at radius 2 is 1.87 bits per heavy atom. The molecule has 1 aromatic carbocycles. The van der Waals surface area contributed by atoms with Crippen LogP contribution >= 0.6 is 11.6 Å². The number of aromatic nitrogens is 2. The smallest absolute Gasteiger partial charge is 0.431 e. The number of halogens is 5. The highest BCUT2D eigenvalue weighted by Crippen LogP contribution is 2.31. The van der Waals surface area contributed by atoms with Crippen molar-refractivity contribution in [1.82, 2.24) is 9.13 Å². The van der Waals surface area contributed by atoms with E-state index in [1.54, 1.807) is 0 Å². The molecule has 31 heavy (non-hydrogen) atoms. The summed E-state index contributed by atoms with van der Waals surface area (Å²) >= 11 is 5.92. The molecule has 1 aromatic heterocycles. The molecule has 0 fully saturated rings. The predicted octanol–water partition coefficient (Wildman–Crippen LogP) is 2.73. The van der Waals surface area contributed by atoms with Crippen LogP contribution in [-0.2, 0) is 22.8 Å². The van der Waals surface area contributed by atoms with Gasteiger partial charge in [-0.05, 0) is 13.0 Å². The summed E-state index contributed by atoms with van der Waals surface area (Å²) in [4.78, 5) is 35.5. The summed E-state index contributed by atoms with van der Waals surface area (Å²) in [6.45, 7) is 1.38. The standard InChI is InChI=1S/C18H15ClF4N2O6/c1-8(12(30-3)6-16(27)28)31-13-5-11(10(20)4-9(13)19)25-15(26)7-14(18(21,22)23)24(2)17(25)29/h4-8H,1-3H3,(H,27,28). The third kappa shape index (κ3) is 5.08. The molecule has 13 heteroatoms. The van der Waals surface area contributed by atoms with Crippen molar-refractivity contribution >= 4 is 17.6 Å². The number of carboxylic acids is 1. The summed E-state index contributed by atoms with van der Waals surface area (Å²) in [5.41, 5.74) is -5.11.